The van der Waals surface area contributed by atoms with E-state index in [2.05, 4.69) is 15.0 Å². The molecule has 1 aliphatic rings. The number of rotatable bonds is 6. The molecule has 0 aromatic carbocycles. The molecular weight excluding hydrogens is 244 g/mol. The Labute approximate surface area is 113 Å². The molecule has 1 aromatic heterocycles. The Balaban J connectivity index is 1.70. The molecule has 1 aromatic rings. The van der Waals surface area contributed by atoms with Crippen LogP contribution in [0.4, 0.5) is 0 Å². The van der Waals surface area contributed by atoms with Gasteiger partial charge in [0, 0.05) is 25.2 Å². The molecule has 19 heavy (non-hydrogen) atoms. The summed E-state index contributed by atoms with van der Waals surface area (Å²) in [4.78, 5) is 13.9. The molecule has 1 aliphatic heterocycles. The first-order chi connectivity index (χ1) is 9.31. The Morgan fingerprint density at radius 1 is 1.42 bits per heavy atom. The molecule has 0 unspecified atom stereocenters. The summed E-state index contributed by atoms with van der Waals surface area (Å²) in [5.41, 5.74) is 0.852. The molecular formula is C14H22N2O3. The van der Waals surface area contributed by atoms with E-state index in [0.717, 1.165) is 18.7 Å². The van der Waals surface area contributed by atoms with Crippen LogP contribution in [0.2, 0.25) is 0 Å². The van der Waals surface area contributed by atoms with Crippen molar-refractivity contribution < 1.29 is 13.9 Å². The molecule has 0 spiro atoms. The number of hydrogen-bond donors (Lipinski definition) is 1. The van der Waals surface area contributed by atoms with Crippen molar-refractivity contribution in [3.05, 3.63) is 23.7 Å². The van der Waals surface area contributed by atoms with Crippen LogP contribution in [0.15, 0.2) is 16.7 Å². The molecule has 1 fully saturated rings. The average molecular weight is 266 g/mol. The van der Waals surface area contributed by atoms with Gasteiger partial charge >= 0.3 is 5.97 Å². The number of methoxy groups -OCH3 is 1. The number of piperidine rings is 1. The Kier molecular flexibility index (Phi) is 5.42. The summed E-state index contributed by atoms with van der Waals surface area (Å²) in [5.74, 6) is -0.120. The van der Waals surface area contributed by atoms with E-state index < -0.39 is 5.97 Å². The third-order valence-electron chi connectivity index (χ3n) is 3.49. The van der Waals surface area contributed by atoms with Crippen LogP contribution in [0.3, 0.4) is 0 Å². The molecule has 1 saturated heterocycles. The highest BCUT2D eigenvalue weighted by atomic mass is 16.5. The van der Waals surface area contributed by atoms with Gasteiger partial charge in [-0.3, -0.25) is 0 Å². The highest BCUT2D eigenvalue weighted by Crippen LogP contribution is 2.11. The molecule has 1 N–H and O–H groups in total. The first-order valence-electron chi connectivity index (χ1n) is 6.89. The zero-order valence-electron chi connectivity index (χ0n) is 11.5. The van der Waals surface area contributed by atoms with Crippen LogP contribution in [0.1, 0.15) is 35.4 Å². The Morgan fingerprint density at radius 2 is 2.21 bits per heavy atom. The fourth-order valence-electron chi connectivity index (χ4n) is 2.39. The Morgan fingerprint density at radius 3 is 2.95 bits per heavy atom. The van der Waals surface area contributed by atoms with Gasteiger partial charge in [0.25, 0.3) is 0 Å². The highest BCUT2D eigenvalue weighted by Gasteiger charge is 2.15. The quantitative estimate of drug-likeness (QED) is 0.626. The van der Waals surface area contributed by atoms with Crippen LogP contribution in [0.5, 0.6) is 0 Å². The summed E-state index contributed by atoms with van der Waals surface area (Å²) in [5, 5.41) is 3.35. The Bertz CT molecular complexity index is 397. The standard InChI is InChI=1S/C14H22N2O3/c1-18-14(17)13-12(5-10-19-13)11-15-6-9-16-7-3-2-4-8-16/h5,10,15H,2-4,6-9,11H2,1H3. The number of nitrogens with one attached hydrogen (secondary N) is 1. The number of hydrogen-bond acceptors (Lipinski definition) is 5. The SMILES string of the molecule is COC(=O)c1occc1CNCCN1CCCCC1. The topological polar surface area (TPSA) is 54.7 Å². The van der Waals surface area contributed by atoms with Crippen molar-refractivity contribution in [2.24, 2.45) is 0 Å². The van der Waals surface area contributed by atoms with Crippen LogP contribution < -0.4 is 5.32 Å². The van der Waals surface area contributed by atoms with Crippen LogP contribution in [0.25, 0.3) is 0 Å². The number of furan rings is 1. The lowest BCUT2D eigenvalue weighted by molar-refractivity contribution is 0.0563. The first kappa shape index (κ1) is 14.1. The van der Waals surface area contributed by atoms with E-state index in [0.29, 0.717) is 12.3 Å². The molecule has 0 bridgehead atoms. The smallest absolute Gasteiger partial charge is 0.374 e. The van der Waals surface area contributed by atoms with Gasteiger partial charge in [-0.25, -0.2) is 4.79 Å². The van der Waals surface area contributed by atoms with Gasteiger partial charge in [0.1, 0.15) is 0 Å². The maximum absolute atomic E-state index is 11.4. The van der Waals surface area contributed by atoms with E-state index in [9.17, 15) is 4.79 Å². The minimum absolute atomic E-state index is 0.299. The average Bonchev–Trinajstić information content (AvgIpc) is 2.92. The molecule has 0 aliphatic carbocycles. The summed E-state index contributed by atoms with van der Waals surface area (Å²) in [6.45, 7) is 5.04. The van der Waals surface area contributed by atoms with Gasteiger partial charge in [0.2, 0.25) is 5.76 Å². The van der Waals surface area contributed by atoms with E-state index in [4.69, 9.17) is 4.42 Å². The van der Waals surface area contributed by atoms with Crippen LogP contribution >= 0.6 is 0 Å². The van der Waals surface area contributed by atoms with Crippen molar-refractivity contribution in [2.75, 3.05) is 33.3 Å². The molecule has 0 amide bonds. The fraction of sp³-hybridized carbons (Fsp3) is 0.643. The third kappa shape index (κ3) is 4.08. The van der Waals surface area contributed by atoms with Crippen molar-refractivity contribution in [3.63, 3.8) is 0 Å². The van der Waals surface area contributed by atoms with E-state index in [1.165, 1.54) is 45.7 Å². The van der Waals surface area contributed by atoms with Gasteiger partial charge in [0.05, 0.1) is 13.4 Å². The van der Waals surface area contributed by atoms with Gasteiger partial charge in [-0.05, 0) is 32.0 Å². The molecule has 0 saturated carbocycles. The van der Waals surface area contributed by atoms with E-state index in [-0.39, 0.29) is 0 Å². The van der Waals surface area contributed by atoms with Crippen molar-refractivity contribution >= 4 is 5.97 Å². The predicted octanol–water partition coefficient (Wildman–Crippen LogP) is 1.64. The van der Waals surface area contributed by atoms with Crippen LogP contribution in [0, 0.1) is 0 Å². The molecule has 5 heteroatoms. The lowest BCUT2D eigenvalue weighted by atomic mass is 10.1. The lowest BCUT2D eigenvalue weighted by Crippen LogP contribution is -2.35. The zero-order valence-corrected chi connectivity index (χ0v) is 11.5. The summed E-state index contributed by atoms with van der Waals surface area (Å²) in [7, 11) is 1.36. The minimum atomic E-state index is -0.419. The second-order valence-electron chi connectivity index (χ2n) is 4.85. The highest BCUT2D eigenvalue weighted by molar-refractivity contribution is 5.87. The predicted molar refractivity (Wildman–Crippen MR) is 72.0 cm³/mol. The van der Waals surface area contributed by atoms with Gasteiger partial charge in [-0.2, -0.15) is 0 Å². The summed E-state index contributed by atoms with van der Waals surface area (Å²) in [6, 6.07) is 1.81. The maximum Gasteiger partial charge on any atom is 0.374 e. The second-order valence-corrected chi connectivity index (χ2v) is 4.85. The number of nitrogens with zero attached hydrogens (tertiary/aromatic N) is 1. The maximum atomic E-state index is 11.4. The van der Waals surface area contributed by atoms with E-state index in [1.807, 2.05) is 0 Å². The number of carbonyl (C=O) groups is 1. The summed E-state index contributed by atoms with van der Waals surface area (Å²) in [6.07, 6.45) is 5.51. The minimum Gasteiger partial charge on any atom is -0.463 e. The first-order valence-corrected chi connectivity index (χ1v) is 6.89. The van der Waals surface area contributed by atoms with E-state index in [1.54, 1.807) is 6.07 Å². The number of ether oxygens (including phenoxy) is 1. The van der Waals surface area contributed by atoms with Crippen LogP contribution in [-0.4, -0.2) is 44.2 Å². The summed E-state index contributed by atoms with van der Waals surface area (Å²) >= 11 is 0. The monoisotopic (exact) mass is 266 g/mol. The van der Waals surface area contributed by atoms with E-state index >= 15 is 0 Å². The van der Waals surface area contributed by atoms with Crippen LogP contribution in [-0.2, 0) is 11.3 Å². The van der Waals surface area contributed by atoms with Crippen molar-refractivity contribution in [1.82, 2.24) is 10.2 Å². The molecule has 2 rings (SSSR count). The molecule has 0 atom stereocenters. The fourth-order valence-corrected chi connectivity index (χ4v) is 2.39. The summed E-state index contributed by atoms with van der Waals surface area (Å²) < 4.78 is 9.81. The second kappa shape index (κ2) is 7.31. The normalized spacial score (nSPS) is 16.5. The number of esters is 1. The molecule has 106 valence electrons. The van der Waals surface area contributed by atoms with Crippen molar-refractivity contribution in [3.8, 4) is 0 Å². The van der Waals surface area contributed by atoms with Gasteiger partial charge in [0.15, 0.2) is 0 Å². The number of likely N-dealkylation sites (tertiary alicyclic amines) is 1. The largest absolute Gasteiger partial charge is 0.463 e. The van der Waals surface area contributed by atoms with Gasteiger partial charge in [-0.1, -0.05) is 6.42 Å². The molecule has 2 heterocycles. The molecule has 5 nitrogen and oxygen atoms in total. The van der Waals surface area contributed by atoms with Gasteiger partial charge < -0.3 is 19.4 Å². The van der Waals surface area contributed by atoms with Crippen molar-refractivity contribution in [2.45, 2.75) is 25.8 Å². The number of carbonyl (C=O) groups excluding carboxylic acids is 1. The zero-order chi connectivity index (χ0) is 13.5. The lowest BCUT2D eigenvalue weighted by Gasteiger charge is -2.26. The van der Waals surface area contributed by atoms with Gasteiger partial charge in [-0.15, -0.1) is 0 Å². The van der Waals surface area contributed by atoms with Crippen molar-refractivity contribution in [1.29, 1.82) is 0 Å². The Hall–Kier alpha value is -1.33. The third-order valence-corrected chi connectivity index (χ3v) is 3.49. The molecule has 0 radical (unpaired) electrons.